The Kier molecular flexibility index (Phi) is 4.84. The number of amides is 3. The van der Waals surface area contributed by atoms with E-state index in [2.05, 4.69) is 0 Å². The Morgan fingerprint density at radius 1 is 1.04 bits per heavy atom. The maximum atomic E-state index is 12.8. The summed E-state index contributed by atoms with van der Waals surface area (Å²) >= 11 is 0. The molecule has 3 saturated heterocycles. The molecule has 128 valence electrons. The molecule has 0 unspecified atom stereocenters. The summed E-state index contributed by atoms with van der Waals surface area (Å²) in [6.07, 6.45) is 4.54. The van der Waals surface area contributed by atoms with Gasteiger partial charge in [0.2, 0.25) is 17.7 Å². The normalized spacial score (nSPS) is 28.0. The van der Waals surface area contributed by atoms with E-state index in [4.69, 9.17) is 0 Å². The second kappa shape index (κ2) is 6.86. The fourth-order valence-electron chi connectivity index (χ4n) is 3.95. The zero-order valence-corrected chi connectivity index (χ0v) is 13.4. The molecule has 3 aliphatic heterocycles. The van der Waals surface area contributed by atoms with Crippen molar-refractivity contribution < 1.29 is 19.5 Å². The van der Waals surface area contributed by atoms with Crippen molar-refractivity contribution in [3.63, 3.8) is 0 Å². The number of hydrogen-bond acceptors (Lipinski definition) is 4. The molecule has 0 aromatic heterocycles. The second-order valence-electron chi connectivity index (χ2n) is 6.67. The van der Waals surface area contributed by atoms with Crippen molar-refractivity contribution in [2.75, 3.05) is 32.8 Å². The lowest BCUT2D eigenvalue weighted by Gasteiger charge is -2.31. The summed E-state index contributed by atoms with van der Waals surface area (Å²) in [7, 11) is 0. The number of carbonyl (C=O) groups is 3. The molecule has 0 aromatic rings. The van der Waals surface area contributed by atoms with Crippen LogP contribution in [0.15, 0.2) is 0 Å². The van der Waals surface area contributed by atoms with E-state index in [1.54, 1.807) is 14.7 Å². The molecule has 0 aromatic carbocycles. The van der Waals surface area contributed by atoms with Gasteiger partial charge in [-0.2, -0.15) is 0 Å². The topological polar surface area (TPSA) is 81.2 Å². The highest BCUT2D eigenvalue weighted by molar-refractivity contribution is 5.91. The molecule has 3 amide bonds. The van der Waals surface area contributed by atoms with Crippen molar-refractivity contribution in [1.29, 1.82) is 0 Å². The molecule has 0 aliphatic carbocycles. The fraction of sp³-hybridized carbons (Fsp3) is 0.812. The van der Waals surface area contributed by atoms with Gasteiger partial charge in [0, 0.05) is 26.1 Å². The largest absolute Gasteiger partial charge is 0.394 e. The molecule has 3 heterocycles. The number of rotatable bonds is 4. The molecule has 0 saturated carbocycles. The fourth-order valence-corrected chi connectivity index (χ4v) is 3.95. The smallest absolute Gasteiger partial charge is 0.245 e. The summed E-state index contributed by atoms with van der Waals surface area (Å²) < 4.78 is 0. The van der Waals surface area contributed by atoms with E-state index in [0.29, 0.717) is 32.5 Å². The maximum absolute atomic E-state index is 12.8. The standard InChI is InChI=1S/C16H25N3O4/c20-11-12-4-1-8-18(12)16(23)13-5-2-9-19(13)15(22)10-17-7-3-6-14(17)21/h12-13,20H,1-11H2/t12-,13-/m0/s1. The molecular formula is C16H25N3O4. The quantitative estimate of drug-likeness (QED) is 0.762. The van der Waals surface area contributed by atoms with Crippen molar-refractivity contribution in [2.24, 2.45) is 0 Å². The van der Waals surface area contributed by atoms with Gasteiger partial charge in [-0.25, -0.2) is 0 Å². The van der Waals surface area contributed by atoms with Crippen LogP contribution >= 0.6 is 0 Å². The molecule has 7 nitrogen and oxygen atoms in total. The Bertz CT molecular complexity index is 496. The second-order valence-corrected chi connectivity index (χ2v) is 6.67. The van der Waals surface area contributed by atoms with E-state index >= 15 is 0 Å². The highest BCUT2D eigenvalue weighted by Crippen LogP contribution is 2.25. The first-order valence-corrected chi connectivity index (χ1v) is 8.60. The first-order valence-electron chi connectivity index (χ1n) is 8.60. The van der Waals surface area contributed by atoms with Gasteiger partial charge >= 0.3 is 0 Å². The molecule has 0 radical (unpaired) electrons. The van der Waals surface area contributed by atoms with Crippen LogP contribution in [0.4, 0.5) is 0 Å². The third kappa shape index (κ3) is 3.20. The number of carbonyl (C=O) groups excluding carboxylic acids is 3. The summed E-state index contributed by atoms with van der Waals surface area (Å²) in [6, 6.07) is -0.535. The van der Waals surface area contributed by atoms with Crippen molar-refractivity contribution >= 4 is 17.7 Å². The zero-order chi connectivity index (χ0) is 16.4. The Labute approximate surface area is 136 Å². The monoisotopic (exact) mass is 323 g/mol. The van der Waals surface area contributed by atoms with Gasteiger partial charge in [-0.3, -0.25) is 14.4 Å². The lowest BCUT2D eigenvalue weighted by molar-refractivity contribution is -0.146. The third-order valence-corrected chi connectivity index (χ3v) is 5.23. The minimum atomic E-state index is -0.424. The molecule has 23 heavy (non-hydrogen) atoms. The highest BCUT2D eigenvalue weighted by atomic mass is 16.3. The van der Waals surface area contributed by atoms with Gasteiger partial charge in [-0.1, -0.05) is 0 Å². The van der Waals surface area contributed by atoms with Gasteiger partial charge in [0.25, 0.3) is 0 Å². The number of aliphatic hydroxyl groups is 1. The van der Waals surface area contributed by atoms with E-state index in [9.17, 15) is 19.5 Å². The van der Waals surface area contributed by atoms with Crippen LogP contribution in [0.5, 0.6) is 0 Å². The lowest BCUT2D eigenvalue weighted by atomic mass is 10.1. The van der Waals surface area contributed by atoms with Gasteiger partial charge in [0.15, 0.2) is 0 Å². The predicted molar refractivity (Wildman–Crippen MR) is 82.4 cm³/mol. The van der Waals surface area contributed by atoms with Gasteiger partial charge in [-0.05, 0) is 32.1 Å². The van der Waals surface area contributed by atoms with Crippen LogP contribution in [-0.2, 0) is 14.4 Å². The Morgan fingerprint density at radius 3 is 2.48 bits per heavy atom. The van der Waals surface area contributed by atoms with Crippen LogP contribution in [0.25, 0.3) is 0 Å². The van der Waals surface area contributed by atoms with E-state index < -0.39 is 6.04 Å². The summed E-state index contributed by atoms with van der Waals surface area (Å²) in [4.78, 5) is 42.0. The van der Waals surface area contributed by atoms with Crippen LogP contribution in [0.2, 0.25) is 0 Å². The molecule has 3 fully saturated rings. The molecular weight excluding hydrogens is 298 g/mol. The van der Waals surface area contributed by atoms with Gasteiger partial charge in [0.05, 0.1) is 19.2 Å². The first-order chi connectivity index (χ1) is 11.1. The average Bonchev–Trinajstić information content (AvgIpc) is 3.27. The zero-order valence-electron chi connectivity index (χ0n) is 13.4. The maximum Gasteiger partial charge on any atom is 0.245 e. The van der Waals surface area contributed by atoms with Crippen LogP contribution in [-0.4, -0.2) is 82.4 Å². The number of likely N-dealkylation sites (tertiary alicyclic amines) is 3. The predicted octanol–water partition coefficient (Wildman–Crippen LogP) is -0.417. The van der Waals surface area contributed by atoms with Crippen LogP contribution in [0.3, 0.4) is 0 Å². The van der Waals surface area contributed by atoms with Crippen molar-refractivity contribution in [3.8, 4) is 0 Å². The number of aliphatic hydroxyl groups excluding tert-OH is 1. The van der Waals surface area contributed by atoms with Crippen molar-refractivity contribution in [3.05, 3.63) is 0 Å². The summed E-state index contributed by atoms with van der Waals surface area (Å²) in [5.74, 6) is -0.142. The van der Waals surface area contributed by atoms with E-state index in [-0.39, 0.29) is 36.9 Å². The molecule has 3 aliphatic rings. The van der Waals surface area contributed by atoms with Crippen molar-refractivity contribution in [1.82, 2.24) is 14.7 Å². The molecule has 2 atom stereocenters. The van der Waals surface area contributed by atoms with Gasteiger partial charge < -0.3 is 19.8 Å². The van der Waals surface area contributed by atoms with Crippen molar-refractivity contribution in [2.45, 2.75) is 50.6 Å². The Morgan fingerprint density at radius 2 is 1.78 bits per heavy atom. The van der Waals surface area contributed by atoms with Gasteiger partial charge in [0.1, 0.15) is 6.04 Å². The van der Waals surface area contributed by atoms with E-state index in [0.717, 1.165) is 25.7 Å². The lowest BCUT2D eigenvalue weighted by Crippen LogP contribution is -2.51. The Hall–Kier alpha value is -1.63. The number of hydrogen-bond donors (Lipinski definition) is 1. The first kappa shape index (κ1) is 16.2. The van der Waals surface area contributed by atoms with Crippen LogP contribution in [0.1, 0.15) is 38.5 Å². The van der Waals surface area contributed by atoms with Crippen LogP contribution < -0.4 is 0 Å². The summed E-state index contributed by atoms with van der Waals surface area (Å²) in [5.41, 5.74) is 0. The van der Waals surface area contributed by atoms with E-state index in [1.807, 2.05) is 0 Å². The Balaban J connectivity index is 1.63. The molecule has 3 rings (SSSR count). The highest BCUT2D eigenvalue weighted by Gasteiger charge is 2.40. The summed E-state index contributed by atoms with van der Waals surface area (Å²) in [5, 5.41) is 9.40. The molecule has 0 bridgehead atoms. The minimum absolute atomic E-state index is 0.0192. The van der Waals surface area contributed by atoms with Gasteiger partial charge in [-0.15, -0.1) is 0 Å². The van der Waals surface area contributed by atoms with E-state index in [1.165, 1.54) is 0 Å². The molecule has 7 heteroatoms. The molecule has 1 N–H and O–H groups in total. The minimum Gasteiger partial charge on any atom is -0.394 e. The molecule has 0 spiro atoms. The average molecular weight is 323 g/mol. The van der Waals surface area contributed by atoms with Crippen LogP contribution in [0, 0.1) is 0 Å². The number of nitrogens with zero attached hydrogens (tertiary/aromatic N) is 3. The SMILES string of the molecule is O=C1CCCN1CC(=O)N1CCC[C@H]1C(=O)N1CCC[C@H]1CO. The summed E-state index contributed by atoms with van der Waals surface area (Å²) in [6.45, 7) is 1.94. The third-order valence-electron chi connectivity index (χ3n) is 5.23.